The van der Waals surface area contributed by atoms with Gasteiger partial charge < -0.3 is 5.73 Å². The van der Waals surface area contributed by atoms with Crippen LogP contribution in [0.1, 0.15) is 0 Å². The van der Waals surface area contributed by atoms with Crippen molar-refractivity contribution < 1.29 is 4.84 Å². The second-order valence-corrected chi connectivity index (χ2v) is 1.75. The Hall–Kier alpha value is -0.380. The topological polar surface area (TPSA) is 47.3 Å². The van der Waals surface area contributed by atoms with Crippen molar-refractivity contribution in [2.45, 2.75) is 6.04 Å². The van der Waals surface area contributed by atoms with E-state index in [2.05, 4.69) is 5.48 Å². The number of rotatable bonds is 0. The molecule has 0 saturated heterocycles. The highest BCUT2D eigenvalue weighted by Gasteiger charge is 1.98. The molecule has 8 heavy (non-hydrogen) atoms. The number of hydrogen-bond acceptors (Lipinski definition) is 3. The van der Waals surface area contributed by atoms with Gasteiger partial charge in [-0.3, -0.25) is 4.84 Å². The maximum absolute atomic E-state index is 5.48. The molecule has 3 nitrogen and oxygen atoms in total. The van der Waals surface area contributed by atoms with Crippen molar-refractivity contribution in [2.24, 2.45) is 5.73 Å². The Morgan fingerprint density at radius 1 is 1.75 bits per heavy atom. The van der Waals surface area contributed by atoms with Crippen LogP contribution in [-0.4, -0.2) is 19.2 Å². The van der Waals surface area contributed by atoms with Gasteiger partial charge in [0.15, 0.2) is 0 Å². The van der Waals surface area contributed by atoms with Crippen LogP contribution in [0.5, 0.6) is 0 Å². The van der Waals surface area contributed by atoms with Crippen LogP contribution >= 0.6 is 0 Å². The molecule has 46 valence electrons. The van der Waals surface area contributed by atoms with Crippen molar-refractivity contribution in [1.82, 2.24) is 5.48 Å². The summed E-state index contributed by atoms with van der Waals surface area (Å²) in [6, 6.07) is 0.0602. The van der Waals surface area contributed by atoms with Gasteiger partial charge in [0.2, 0.25) is 0 Å². The molecule has 1 rings (SSSR count). The number of hydrogen-bond donors (Lipinski definition) is 2. The SMILES string of the molecule is NC1C=CCNOC1. The summed E-state index contributed by atoms with van der Waals surface area (Å²) in [5.74, 6) is 0. The third-order valence-electron chi connectivity index (χ3n) is 0.962. The van der Waals surface area contributed by atoms with E-state index in [1.54, 1.807) is 0 Å². The molecule has 1 aliphatic heterocycles. The summed E-state index contributed by atoms with van der Waals surface area (Å²) in [4.78, 5) is 4.87. The van der Waals surface area contributed by atoms with Gasteiger partial charge in [-0.05, 0) is 0 Å². The fourth-order valence-corrected chi connectivity index (χ4v) is 0.561. The second kappa shape index (κ2) is 2.81. The van der Waals surface area contributed by atoms with E-state index in [4.69, 9.17) is 10.6 Å². The summed E-state index contributed by atoms with van der Waals surface area (Å²) in [7, 11) is 0. The van der Waals surface area contributed by atoms with Crippen LogP contribution in [-0.2, 0) is 4.84 Å². The van der Waals surface area contributed by atoms with Gasteiger partial charge in [-0.1, -0.05) is 12.2 Å². The van der Waals surface area contributed by atoms with E-state index in [1.807, 2.05) is 12.2 Å². The minimum Gasteiger partial charge on any atom is -0.322 e. The molecular formula is C5H10N2O. The zero-order valence-electron chi connectivity index (χ0n) is 4.63. The molecule has 3 heteroatoms. The summed E-state index contributed by atoms with van der Waals surface area (Å²) < 4.78 is 0. The van der Waals surface area contributed by atoms with E-state index in [0.29, 0.717) is 6.61 Å². The summed E-state index contributed by atoms with van der Waals surface area (Å²) in [5.41, 5.74) is 8.19. The molecule has 0 fully saturated rings. The molecule has 3 N–H and O–H groups in total. The minimum absolute atomic E-state index is 0.0602. The predicted molar refractivity (Wildman–Crippen MR) is 31.1 cm³/mol. The maximum atomic E-state index is 5.48. The van der Waals surface area contributed by atoms with E-state index >= 15 is 0 Å². The van der Waals surface area contributed by atoms with Crippen LogP contribution in [0.2, 0.25) is 0 Å². The van der Waals surface area contributed by atoms with Gasteiger partial charge in [-0.25, -0.2) is 0 Å². The molecule has 0 radical (unpaired) electrons. The van der Waals surface area contributed by atoms with Gasteiger partial charge in [0, 0.05) is 12.6 Å². The second-order valence-electron chi connectivity index (χ2n) is 1.75. The smallest absolute Gasteiger partial charge is 0.0869 e. The first-order chi connectivity index (χ1) is 3.89. The highest BCUT2D eigenvalue weighted by atomic mass is 16.6. The van der Waals surface area contributed by atoms with E-state index < -0.39 is 0 Å². The van der Waals surface area contributed by atoms with Crippen molar-refractivity contribution in [1.29, 1.82) is 0 Å². The highest BCUT2D eigenvalue weighted by Crippen LogP contribution is 1.86. The molecule has 0 aromatic rings. The molecule has 1 unspecified atom stereocenters. The lowest BCUT2D eigenvalue weighted by Gasteiger charge is -2.01. The normalized spacial score (nSPS) is 29.9. The van der Waals surface area contributed by atoms with Crippen molar-refractivity contribution in [2.75, 3.05) is 13.2 Å². The van der Waals surface area contributed by atoms with Crippen molar-refractivity contribution in [3.05, 3.63) is 12.2 Å². The maximum Gasteiger partial charge on any atom is 0.0869 e. The zero-order valence-corrected chi connectivity index (χ0v) is 4.63. The van der Waals surface area contributed by atoms with Crippen molar-refractivity contribution in [3.63, 3.8) is 0 Å². The average molecular weight is 114 g/mol. The lowest BCUT2D eigenvalue weighted by Crippen LogP contribution is -2.25. The van der Waals surface area contributed by atoms with Crippen molar-refractivity contribution >= 4 is 0 Å². The first-order valence-corrected chi connectivity index (χ1v) is 2.66. The van der Waals surface area contributed by atoms with E-state index in [-0.39, 0.29) is 6.04 Å². The van der Waals surface area contributed by atoms with E-state index in [9.17, 15) is 0 Å². The lowest BCUT2D eigenvalue weighted by molar-refractivity contribution is 0.0495. The Morgan fingerprint density at radius 3 is 3.50 bits per heavy atom. The average Bonchev–Trinajstić information content (AvgIpc) is 1.94. The number of hydroxylamine groups is 1. The summed E-state index contributed by atoms with van der Waals surface area (Å²) in [5, 5.41) is 0. The Morgan fingerprint density at radius 2 is 2.62 bits per heavy atom. The lowest BCUT2D eigenvalue weighted by atomic mass is 10.3. The Balaban J connectivity index is 2.33. The van der Waals surface area contributed by atoms with Crippen LogP contribution < -0.4 is 11.2 Å². The molecule has 1 heterocycles. The number of nitrogens with one attached hydrogen (secondary N) is 1. The molecule has 1 atom stereocenters. The predicted octanol–water partition coefficient (Wildman–Crippen LogP) is -0.595. The molecule has 0 spiro atoms. The monoisotopic (exact) mass is 114 g/mol. The molecule has 0 amide bonds. The van der Waals surface area contributed by atoms with Gasteiger partial charge in [0.05, 0.1) is 6.61 Å². The highest BCUT2D eigenvalue weighted by molar-refractivity contribution is 4.93. The van der Waals surface area contributed by atoms with Crippen LogP contribution in [0.3, 0.4) is 0 Å². The fraction of sp³-hybridized carbons (Fsp3) is 0.600. The summed E-state index contributed by atoms with van der Waals surface area (Å²) >= 11 is 0. The first-order valence-electron chi connectivity index (χ1n) is 2.66. The van der Waals surface area contributed by atoms with Gasteiger partial charge in [-0.15, -0.1) is 0 Å². The molecule has 0 aromatic heterocycles. The van der Waals surface area contributed by atoms with Crippen molar-refractivity contribution in [3.8, 4) is 0 Å². The van der Waals surface area contributed by atoms with E-state index in [0.717, 1.165) is 6.54 Å². The molecule has 0 saturated carbocycles. The molecule has 0 bridgehead atoms. The zero-order chi connectivity index (χ0) is 5.82. The number of nitrogens with two attached hydrogens (primary N) is 1. The van der Waals surface area contributed by atoms with Gasteiger partial charge in [-0.2, -0.15) is 5.48 Å². The third-order valence-corrected chi connectivity index (χ3v) is 0.962. The van der Waals surface area contributed by atoms with Crippen LogP contribution in [0.15, 0.2) is 12.2 Å². The fourth-order valence-electron chi connectivity index (χ4n) is 0.561. The third kappa shape index (κ3) is 1.61. The van der Waals surface area contributed by atoms with Gasteiger partial charge in [0.1, 0.15) is 0 Å². The Bertz CT molecular complexity index is 92.4. The molecule has 1 aliphatic rings. The van der Waals surface area contributed by atoms with Crippen LogP contribution in [0.25, 0.3) is 0 Å². The van der Waals surface area contributed by atoms with Crippen LogP contribution in [0, 0.1) is 0 Å². The van der Waals surface area contributed by atoms with Crippen LogP contribution in [0.4, 0.5) is 0 Å². The summed E-state index contributed by atoms with van der Waals surface area (Å²) in [6.45, 7) is 1.32. The Kier molecular flexibility index (Phi) is 2.02. The van der Waals surface area contributed by atoms with E-state index in [1.165, 1.54) is 0 Å². The van der Waals surface area contributed by atoms with Gasteiger partial charge >= 0.3 is 0 Å². The molecule has 0 aliphatic carbocycles. The largest absolute Gasteiger partial charge is 0.322 e. The Labute approximate surface area is 48.5 Å². The summed E-state index contributed by atoms with van der Waals surface area (Å²) in [6.07, 6.45) is 3.89. The molecule has 0 aromatic carbocycles. The van der Waals surface area contributed by atoms with Gasteiger partial charge in [0.25, 0.3) is 0 Å². The quantitative estimate of drug-likeness (QED) is 0.413. The molecular weight excluding hydrogens is 104 g/mol. The standard InChI is InChI=1S/C5H10N2O/c6-5-2-1-3-7-8-4-5/h1-2,5,7H,3-4,6H2. The first kappa shape index (κ1) is 5.75. The minimum atomic E-state index is 0.0602.